The first kappa shape index (κ1) is 11.3. The summed E-state index contributed by atoms with van der Waals surface area (Å²) in [7, 11) is 11.8. The molecule has 1 aromatic rings. The monoisotopic (exact) mass is 330 g/mol. The van der Waals surface area contributed by atoms with Gasteiger partial charge in [0.1, 0.15) is 0 Å². The minimum atomic E-state index is -1.79. The van der Waals surface area contributed by atoms with Crippen LogP contribution in [0.15, 0.2) is 18.2 Å². The number of benzene rings is 1. The van der Waals surface area contributed by atoms with E-state index in [1.807, 2.05) is 10.7 Å². The maximum atomic E-state index is 5.89. The number of hydrogen-bond acceptors (Lipinski definition) is 1. The van der Waals surface area contributed by atoms with Crippen LogP contribution in [0.1, 0.15) is 16.7 Å². The Balaban J connectivity index is 2.59. The van der Waals surface area contributed by atoms with Crippen LogP contribution in [0.5, 0.6) is 5.75 Å². The molecule has 0 saturated carbocycles. The van der Waals surface area contributed by atoms with Crippen LogP contribution in [-0.4, -0.2) is 11.2 Å². The van der Waals surface area contributed by atoms with Crippen LogP contribution in [0.3, 0.4) is 0 Å². The molecule has 0 N–H and O–H groups in total. The SMILES string of the molecule is Cc1cc2c(c([CH]=[Ru]([Cl])[Cl])c1)OCC=C2. The van der Waals surface area contributed by atoms with Gasteiger partial charge in [0.2, 0.25) is 0 Å². The number of halogens is 2. The van der Waals surface area contributed by atoms with Crippen molar-refractivity contribution in [2.24, 2.45) is 0 Å². The summed E-state index contributed by atoms with van der Waals surface area (Å²) in [5, 5.41) is 0. The third-order valence-electron chi connectivity index (χ3n) is 2.10. The van der Waals surface area contributed by atoms with E-state index in [9.17, 15) is 0 Å². The molecule has 0 saturated heterocycles. The molecule has 1 heterocycles. The fraction of sp³-hybridized carbons (Fsp3) is 0.182. The van der Waals surface area contributed by atoms with Crippen LogP contribution in [0.25, 0.3) is 6.08 Å². The number of aryl methyl sites for hydroxylation is 1. The van der Waals surface area contributed by atoms with Crippen molar-refractivity contribution in [2.45, 2.75) is 6.92 Å². The summed E-state index contributed by atoms with van der Waals surface area (Å²) >= 11 is -1.79. The molecule has 82 valence electrons. The second kappa shape index (κ2) is 4.78. The van der Waals surface area contributed by atoms with Gasteiger partial charge in [-0.25, -0.2) is 0 Å². The van der Waals surface area contributed by atoms with Crippen LogP contribution < -0.4 is 4.74 Å². The number of hydrogen-bond donors (Lipinski definition) is 0. The van der Waals surface area contributed by atoms with Crippen molar-refractivity contribution < 1.29 is 18.3 Å². The van der Waals surface area contributed by atoms with E-state index in [2.05, 4.69) is 25.1 Å². The van der Waals surface area contributed by atoms with Gasteiger partial charge in [0.05, 0.1) is 0 Å². The van der Waals surface area contributed by atoms with Gasteiger partial charge in [0.15, 0.2) is 0 Å². The van der Waals surface area contributed by atoms with Crippen molar-refractivity contribution in [3.05, 3.63) is 34.9 Å². The Labute approximate surface area is 102 Å². The zero-order valence-corrected chi connectivity index (χ0v) is 11.4. The molecular formula is C11H10Cl2ORu. The standard InChI is InChI=1S/C11H10O.2ClH.Ru/c1-8-6-9(2)11-10(7-8)4-3-5-12-11;;;/h2-4,6-7H,5H2,1H3;2*1H;/q;;;+2/p-2. The average molecular weight is 330 g/mol. The molecule has 15 heavy (non-hydrogen) atoms. The van der Waals surface area contributed by atoms with Crippen molar-refractivity contribution in [1.82, 2.24) is 0 Å². The second-order valence-electron chi connectivity index (χ2n) is 3.29. The average Bonchev–Trinajstić information content (AvgIpc) is 2.16. The van der Waals surface area contributed by atoms with Crippen molar-refractivity contribution in [3.63, 3.8) is 0 Å². The van der Waals surface area contributed by atoms with Crippen molar-refractivity contribution in [1.29, 1.82) is 0 Å². The van der Waals surface area contributed by atoms with Crippen LogP contribution in [0.4, 0.5) is 0 Å². The predicted octanol–water partition coefficient (Wildman–Crippen LogP) is 3.48. The van der Waals surface area contributed by atoms with E-state index >= 15 is 0 Å². The molecule has 1 nitrogen and oxygen atoms in total. The van der Waals surface area contributed by atoms with Crippen LogP contribution in [0, 0.1) is 6.92 Å². The Kier molecular flexibility index (Phi) is 3.61. The molecule has 0 fully saturated rings. The number of fused-ring (bicyclic) bond motifs is 1. The van der Waals surface area contributed by atoms with Gasteiger partial charge in [-0.05, 0) is 0 Å². The van der Waals surface area contributed by atoms with E-state index < -0.39 is 13.5 Å². The van der Waals surface area contributed by atoms with Crippen molar-refractivity contribution >= 4 is 30.1 Å². The van der Waals surface area contributed by atoms with E-state index in [-0.39, 0.29) is 0 Å². The third-order valence-corrected chi connectivity index (χ3v) is 3.93. The predicted molar refractivity (Wildman–Crippen MR) is 62.6 cm³/mol. The topological polar surface area (TPSA) is 9.23 Å². The number of rotatable bonds is 1. The van der Waals surface area contributed by atoms with Gasteiger partial charge in [0, 0.05) is 0 Å². The second-order valence-corrected chi connectivity index (χ2v) is 9.02. The quantitative estimate of drug-likeness (QED) is 0.717. The summed E-state index contributed by atoms with van der Waals surface area (Å²) in [6.45, 7) is 2.67. The van der Waals surface area contributed by atoms with Gasteiger partial charge >= 0.3 is 103 Å². The molecule has 0 spiro atoms. The van der Waals surface area contributed by atoms with Gasteiger partial charge in [-0.1, -0.05) is 0 Å². The molecule has 0 amide bonds. The van der Waals surface area contributed by atoms with E-state index in [1.165, 1.54) is 5.56 Å². The molecular weight excluding hydrogens is 320 g/mol. The van der Waals surface area contributed by atoms with E-state index in [0.29, 0.717) is 6.61 Å². The van der Waals surface area contributed by atoms with Crippen LogP contribution in [0.2, 0.25) is 0 Å². The Morgan fingerprint density at radius 1 is 1.40 bits per heavy atom. The minimum absolute atomic E-state index is 0.619. The van der Waals surface area contributed by atoms with Gasteiger partial charge in [-0.2, -0.15) is 0 Å². The molecule has 0 radical (unpaired) electrons. The maximum absolute atomic E-state index is 5.89. The van der Waals surface area contributed by atoms with E-state index in [0.717, 1.165) is 16.9 Å². The number of ether oxygens (including phenoxy) is 1. The summed E-state index contributed by atoms with van der Waals surface area (Å²) in [5.41, 5.74) is 3.33. The molecule has 0 unspecified atom stereocenters. The Morgan fingerprint density at radius 3 is 2.93 bits per heavy atom. The van der Waals surface area contributed by atoms with Gasteiger partial charge in [0.25, 0.3) is 0 Å². The zero-order valence-electron chi connectivity index (χ0n) is 8.11. The Bertz CT molecular complexity index is 448. The van der Waals surface area contributed by atoms with Crippen molar-refractivity contribution in [3.8, 4) is 5.75 Å². The molecule has 0 aromatic heterocycles. The first-order valence-electron chi connectivity index (χ1n) is 4.44. The molecule has 1 aromatic carbocycles. The fourth-order valence-corrected chi connectivity index (χ4v) is 3.35. The van der Waals surface area contributed by atoms with E-state index in [1.54, 1.807) is 0 Å². The van der Waals surface area contributed by atoms with E-state index in [4.69, 9.17) is 24.1 Å². The molecule has 0 atom stereocenters. The fourth-order valence-electron chi connectivity index (χ4n) is 1.59. The Morgan fingerprint density at radius 2 is 2.20 bits per heavy atom. The first-order valence-corrected chi connectivity index (χ1v) is 9.92. The van der Waals surface area contributed by atoms with Crippen LogP contribution in [-0.2, 0) is 13.5 Å². The zero-order chi connectivity index (χ0) is 10.8. The summed E-state index contributed by atoms with van der Waals surface area (Å²) in [6, 6.07) is 4.16. The van der Waals surface area contributed by atoms with Gasteiger partial charge < -0.3 is 0 Å². The molecule has 0 bridgehead atoms. The molecule has 2 rings (SSSR count). The Hall–Kier alpha value is -0.167. The molecule has 0 aliphatic carbocycles. The molecule has 4 heteroatoms. The van der Waals surface area contributed by atoms with Crippen LogP contribution >= 0.6 is 19.4 Å². The van der Waals surface area contributed by atoms with Gasteiger partial charge in [-0.15, -0.1) is 0 Å². The van der Waals surface area contributed by atoms with Gasteiger partial charge in [-0.3, -0.25) is 0 Å². The summed E-state index contributed by atoms with van der Waals surface area (Å²) in [4.78, 5) is 0. The summed E-state index contributed by atoms with van der Waals surface area (Å²) < 4.78 is 7.53. The normalized spacial score (nSPS) is 14.2. The molecule has 1 aliphatic heterocycles. The summed E-state index contributed by atoms with van der Waals surface area (Å²) in [6.07, 6.45) is 4.07. The summed E-state index contributed by atoms with van der Waals surface area (Å²) in [5.74, 6) is 0.906. The first-order chi connectivity index (χ1) is 7.16. The third kappa shape index (κ3) is 2.69. The van der Waals surface area contributed by atoms with Crippen molar-refractivity contribution in [2.75, 3.05) is 6.61 Å². The molecule has 1 aliphatic rings.